The molecule has 0 saturated carbocycles. The van der Waals surface area contributed by atoms with E-state index in [1.165, 1.54) is 43.4 Å². The summed E-state index contributed by atoms with van der Waals surface area (Å²) in [6, 6.07) is 8.40. The summed E-state index contributed by atoms with van der Waals surface area (Å²) in [7, 11) is 0. The first-order valence-corrected chi connectivity index (χ1v) is 9.81. The second kappa shape index (κ2) is 14.2. The van der Waals surface area contributed by atoms with Crippen molar-refractivity contribution in [2.75, 3.05) is 12.3 Å². The van der Waals surface area contributed by atoms with E-state index in [-0.39, 0.29) is 18.4 Å². The van der Waals surface area contributed by atoms with Gasteiger partial charge in [-0.25, -0.2) is 0 Å². The number of unbranched alkanes of at least 4 members (excludes halogenated alkanes) is 5. The molecule has 4 heteroatoms. The van der Waals surface area contributed by atoms with E-state index in [0.717, 1.165) is 17.9 Å². The van der Waals surface area contributed by atoms with Crippen molar-refractivity contribution in [3.05, 3.63) is 29.8 Å². The van der Waals surface area contributed by atoms with E-state index in [4.69, 9.17) is 0 Å². The van der Waals surface area contributed by atoms with Gasteiger partial charge in [0.15, 0.2) is 0 Å². The standard InChI is InChI=1S/C19H33NOS.ClH/c1-4-6-7-8-9-10-15-20-16(3)19(21)17-11-13-18(14-12-17)22-5-2;/h11-14,16,19-21H,4-10,15H2,1-3H3;1H. The summed E-state index contributed by atoms with van der Waals surface area (Å²) >= 11 is 1.83. The topological polar surface area (TPSA) is 32.3 Å². The van der Waals surface area contributed by atoms with Crippen LogP contribution in [0.4, 0.5) is 0 Å². The van der Waals surface area contributed by atoms with Crippen molar-refractivity contribution in [3.8, 4) is 0 Å². The minimum absolute atomic E-state index is 0. The molecule has 2 nitrogen and oxygen atoms in total. The number of hydrogen-bond acceptors (Lipinski definition) is 3. The van der Waals surface area contributed by atoms with Crippen LogP contribution >= 0.6 is 24.2 Å². The van der Waals surface area contributed by atoms with Gasteiger partial charge >= 0.3 is 0 Å². The maximum absolute atomic E-state index is 10.4. The molecule has 1 aromatic rings. The molecule has 134 valence electrons. The molecule has 0 radical (unpaired) electrons. The van der Waals surface area contributed by atoms with Crippen LogP contribution in [0.3, 0.4) is 0 Å². The molecule has 0 bridgehead atoms. The van der Waals surface area contributed by atoms with Crippen LogP contribution in [0.15, 0.2) is 29.2 Å². The Morgan fingerprint density at radius 1 is 1.00 bits per heavy atom. The summed E-state index contributed by atoms with van der Waals surface area (Å²) in [4.78, 5) is 1.27. The third kappa shape index (κ3) is 9.61. The lowest BCUT2D eigenvalue weighted by Crippen LogP contribution is -2.32. The first-order chi connectivity index (χ1) is 10.7. The third-order valence-corrected chi connectivity index (χ3v) is 4.90. The van der Waals surface area contributed by atoms with Crippen LogP contribution in [0.1, 0.15) is 71.0 Å². The van der Waals surface area contributed by atoms with Gasteiger partial charge in [0.1, 0.15) is 0 Å². The Balaban J connectivity index is 0.00000484. The zero-order valence-electron chi connectivity index (χ0n) is 14.9. The zero-order valence-corrected chi connectivity index (χ0v) is 16.5. The number of rotatable bonds is 12. The van der Waals surface area contributed by atoms with Crippen molar-refractivity contribution in [1.29, 1.82) is 0 Å². The molecule has 1 rings (SSSR count). The Morgan fingerprint density at radius 2 is 1.61 bits per heavy atom. The Labute approximate surface area is 153 Å². The summed E-state index contributed by atoms with van der Waals surface area (Å²) in [6.45, 7) is 7.46. The molecule has 0 fully saturated rings. The number of thioether (sulfide) groups is 1. The fourth-order valence-electron chi connectivity index (χ4n) is 2.56. The van der Waals surface area contributed by atoms with Gasteiger partial charge < -0.3 is 10.4 Å². The molecule has 0 aromatic heterocycles. The lowest BCUT2D eigenvalue weighted by Gasteiger charge is -2.21. The fraction of sp³-hybridized carbons (Fsp3) is 0.684. The van der Waals surface area contributed by atoms with E-state index in [9.17, 15) is 5.11 Å². The highest BCUT2D eigenvalue weighted by molar-refractivity contribution is 7.99. The van der Waals surface area contributed by atoms with Crippen LogP contribution in [-0.2, 0) is 0 Å². The summed E-state index contributed by atoms with van der Waals surface area (Å²) < 4.78 is 0. The molecule has 1 aromatic carbocycles. The Kier molecular flexibility index (Phi) is 14.0. The first-order valence-electron chi connectivity index (χ1n) is 8.83. The number of nitrogens with one attached hydrogen (secondary N) is 1. The molecule has 0 amide bonds. The van der Waals surface area contributed by atoms with Gasteiger partial charge in [0, 0.05) is 10.9 Å². The van der Waals surface area contributed by atoms with Crippen LogP contribution in [0.5, 0.6) is 0 Å². The van der Waals surface area contributed by atoms with Crippen molar-refractivity contribution in [3.63, 3.8) is 0 Å². The fourth-order valence-corrected chi connectivity index (χ4v) is 3.23. The van der Waals surface area contributed by atoms with Gasteiger partial charge in [-0.05, 0) is 43.3 Å². The van der Waals surface area contributed by atoms with Crippen LogP contribution < -0.4 is 5.32 Å². The summed E-state index contributed by atoms with van der Waals surface area (Å²) in [5.74, 6) is 1.08. The maximum Gasteiger partial charge on any atom is 0.0940 e. The molecule has 0 aliphatic carbocycles. The van der Waals surface area contributed by atoms with E-state index < -0.39 is 6.10 Å². The van der Waals surface area contributed by atoms with E-state index in [1.54, 1.807) is 0 Å². The van der Waals surface area contributed by atoms with Crippen molar-refractivity contribution < 1.29 is 5.11 Å². The molecule has 0 heterocycles. The van der Waals surface area contributed by atoms with Gasteiger partial charge in [0.25, 0.3) is 0 Å². The highest BCUT2D eigenvalue weighted by Gasteiger charge is 2.15. The third-order valence-electron chi connectivity index (χ3n) is 4.00. The first kappa shape index (κ1) is 22.8. The van der Waals surface area contributed by atoms with E-state index in [2.05, 4.69) is 38.2 Å². The molecule has 0 aliphatic heterocycles. The van der Waals surface area contributed by atoms with Crippen molar-refractivity contribution in [2.45, 2.75) is 76.3 Å². The monoisotopic (exact) mass is 359 g/mol. The maximum atomic E-state index is 10.4. The van der Waals surface area contributed by atoms with Gasteiger partial charge in [-0.15, -0.1) is 24.2 Å². The number of halogens is 1. The molecule has 0 aliphatic rings. The van der Waals surface area contributed by atoms with Gasteiger partial charge in [-0.3, -0.25) is 0 Å². The Morgan fingerprint density at radius 3 is 2.22 bits per heavy atom. The smallest absolute Gasteiger partial charge is 0.0940 e. The Hall–Kier alpha value is -0.220. The zero-order chi connectivity index (χ0) is 16.2. The molecule has 23 heavy (non-hydrogen) atoms. The number of benzene rings is 1. The summed E-state index contributed by atoms with van der Waals surface area (Å²) in [5.41, 5.74) is 1.00. The van der Waals surface area contributed by atoms with Gasteiger partial charge in [-0.1, -0.05) is 58.1 Å². The van der Waals surface area contributed by atoms with Crippen LogP contribution in [-0.4, -0.2) is 23.4 Å². The SMILES string of the molecule is CCCCCCCCNC(C)C(O)c1ccc(SCC)cc1.Cl. The second-order valence-electron chi connectivity index (χ2n) is 5.96. The minimum atomic E-state index is -0.430. The summed E-state index contributed by atoms with van der Waals surface area (Å²) in [6.07, 6.45) is 7.41. The van der Waals surface area contributed by atoms with Crippen molar-refractivity contribution in [1.82, 2.24) is 5.32 Å². The van der Waals surface area contributed by atoms with E-state index in [0.29, 0.717) is 0 Å². The van der Waals surface area contributed by atoms with Crippen LogP contribution in [0.25, 0.3) is 0 Å². The highest BCUT2D eigenvalue weighted by atomic mass is 35.5. The molecular formula is C19H34ClNOS. The lowest BCUT2D eigenvalue weighted by atomic mass is 10.0. The average molecular weight is 360 g/mol. The van der Waals surface area contributed by atoms with Crippen molar-refractivity contribution in [2.24, 2.45) is 0 Å². The Bertz CT molecular complexity index is 385. The number of aliphatic hydroxyl groups is 1. The quantitative estimate of drug-likeness (QED) is 0.376. The normalized spacial score (nSPS) is 13.4. The minimum Gasteiger partial charge on any atom is -0.387 e. The van der Waals surface area contributed by atoms with Gasteiger partial charge in [-0.2, -0.15) is 0 Å². The number of hydrogen-bond donors (Lipinski definition) is 2. The van der Waals surface area contributed by atoms with Gasteiger partial charge in [0.05, 0.1) is 6.10 Å². The van der Waals surface area contributed by atoms with Gasteiger partial charge in [0.2, 0.25) is 0 Å². The second-order valence-corrected chi connectivity index (χ2v) is 7.29. The van der Waals surface area contributed by atoms with E-state index >= 15 is 0 Å². The molecule has 2 N–H and O–H groups in total. The van der Waals surface area contributed by atoms with E-state index in [1.807, 2.05) is 23.9 Å². The lowest BCUT2D eigenvalue weighted by molar-refractivity contribution is 0.136. The molecule has 2 unspecified atom stereocenters. The van der Waals surface area contributed by atoms with Crippen molar-refractivity contribution >= 4 is 24.2 Å². The molecule has 0 saturated heterocycles. The molecule has 0 spiro atoms. The largest absolute Gasteiger partial charge is 0.387 e. The predicted octanol–water partition coefficient (Wildman–Crippen LogP) is 5.59. The molecular weight excluding hydrogens is 326 g/mol. The summed E-state index contributed by atoms with van der Waals surface area (Å²) in [5, 5.41) is 13.9. The molecule has 2 atom stereocenters. The average Bonchev–Trinajstić information content (AvgIpc) is 2.54. The number of aliphatic hydroxyl groups excluding tert-OH is 1. The van der Waals surface area contributed by atoms with Crippen LogP contribution in [0.2, 0.25) is 0 Å². The predicted molar refractivity (Wildman–Crippen MR) is 106 cm³/mol. The highest BCUT2D eigenvalue weighted by Crippen LogP contribution is 2.22. The van der Waals surface area contributed by atoms with Crippen LogP contribution in [0, 0.1) is 0 Å².